The fourth-order valence-electron chi connectivity index (χ4n) is 2.92. The van der Waals surface area contributed by atoms with E-state index in [1.807, 2.05) is 6.92 Å². The molecule has 7 nitrogen and oxygen atoms in total. The van der Waals surface area contributed by atoms with E-state index in [-0.39, 0.29) is 11.4 Å². The number of rotatable bonds is 5. The van der Waals surface area contributed by atoms with Gasteiger partial charge in [0, 0.05) is 31.7 Å². The van der Waals surface area contributed by atoms with Gasteiger partial charge in [0.25, 0.3) is 12.3 Å². The van der Waals surface area contributed by atoms with Crippen LogP contribution in [-0.4, -0.2) is 40.1 Å². The van der Waals surface area contributed by atoms with Crippen LogP contribution in [0.3, 0.4) is 0 Å². The highest BCUT2D eigenvalue weighted by Crippen LogP contribution is 2.23. The normalized spacial score (nSPS) is 13.2. The van der Waals surface area contributed by atoms with Crippen LogP contribution in [-0.2, 0) is 4.74 Å². The monoisotopic (exact) mass is 418 g/mol. The van der Waals surface area contributed by atoms with E-state index in [0.717, 1.165) is 18.9 Å². The predicted molar refractivity (Wildman–Crippen MR) is 108 cm³/mol. The van der Waals surface area contributed by atoms with E-state index in [0.29, 0.717) is 18.0 Å². The number of imidazole rings is 1. The SMILES string of the molecule is C1CCOC1.CCOc1cc2nc(C)cn2cc1C(=O)Nc1cccc(C(F)F)n1. The first-order chi connectivity index (χ1) is 14.5. The van der Waals surface area contributed by atoms with Crippen LogP contribution in [0.4, 0.5) is 14.6 Å². The molecule has 1 N–H and O–H groups in total. The number of carbonyl (C=O) groups is 1. The van der Waals surface area contributed by atoms with Crippen LogP contribution in [0.1, 0.15) is 47.9 Å². The molecule has 0 aromatic carbocycles. The first-order valence-electron chi connectivity index (χ1n) is 9.74. The number of pyridine rings is 2. The van der Waals surface area contributed by atoms with Gasteiger partial charge in [-0.05, 0) is 38.8 Å². The molecular weight excluding hydrogens is 394 g/mol. The molecule has 1 saturated heterocycles. The van der Waals surface area contributed by atoms with E-state index in [1.54, 1.807) is 29.8 Å². The maximum atomic E-state index is 12.7. The van der Waals surface area contributed by atoms with Gasteiger partial charge in [-0.25, -0.2) is 18.7 Å². The zero-order valence-corrected chi connectivity index (χ0v) is 16.9. The Labute approximate surface area is 173 Å². The molecule has 0 radical (unpaired) electrons. The molecular formula is C21H24F2N4O3. The maximum Gasteiger partial charge on any atom is 0.280 e. The Kier molecular flexibility index (Phi) is 7.29. The van der Waals surface area contributed by atoms with Gasteiger partial charge in [-0.3, -0.25) is 4.79 Å². The third-order valence-corrected chi connectivity index (χ3v) is 4.28. The summed E-state index contributed by atoms with van der Waals surface area (Å²) in [5, 5.41) is 2.53. The fourth-order valence-corrected chi connectivity index (χ4v) is 2.92. The van der Waals surface area contributed by atoms with E-state index in [9.17, 15) is 13.6 Å². The van der Waals surface area contributed by atoms with Crippen LogP contribution in [0.25, 0.3) is 5.65 Å². The summed E-state index contributed by atoms with van der Waals surface area (Å²) in [6.07, 6.45) is 3.21. The molecule has 1 aliphatic rings. The van der Waals surface area contributed by atoms with Gasteiger partial charge >= 0.3 is 0 Å². The van der Waals surface area contributed by atoms with Gasteiger partial charge in [0.2, 0.25) is 0 Å². The van der Waals surface area contributed by atoms with Gasteiger partial charge in [-0.2, -0.15) is 0 Å². The minimum Gasteiger partial charge on any atom is -0.493 e. The van der Waals surface area contributed by atoms with Crippen molar-refractivity contribution in [2.24, 2.45) is 0 Å². The average Bonchev–Trinajstić information content (AvgIpc) is 3.40. The molecule has 160 valence electrons. The molecule has 0 spiro atoms. The Hall–Kier alpha value is -3.07. The van der Waals surface area contributed by atoms with E-state index >= 15 is 0 Å². The van der Waals surface area contributed by atoms with Crippen LogP contribution in [0.2, 0.25) is 0 Å². The molecule has 9 heteroatoms. The molecule has 0 saturated carbocycles. The van der Waals surface area contributed by atoms with Gasteiger partial charge in [-0.15, -0.1) is 0 Å². The molecule has 0 atom stereocenters. The van der Waals surface area contributed by atoms with Crippen LogP contribution in [0.15, 0.2) is 36.7 Å². The summed E-state index contributed by atoms with van der Waals surface area (Å²) >= 11 is 0. The van der Waals surface area contributed by atoms with Gasteiger partial charge in [0.15, 0.2) is 0 Å². The third-order valence-electron chi connectivity index (χ3n) is 4.28. The lowest BCUT2D eigenvalue weighted by Crippen LogP contribution is -2.16. The Morgan fingerprint density at radius 3 is 2.67 bits per heavy atom. The van der Waals surface area contributed by atoms with Crippen molar-refractivity contribution in [2.75, 3.05) is 25.1 Å². The lowest BCUT2D eigenvalue weighted by atomic mass is 10.2. The van der Waals surface area contributed by atoms with Crippen molar-refractivity contribution in [3.05, 3.63) is 53.6 Å². The molecule has 3 aromatic rings. The Morgan fingerprint density at radius 1 is 1.27 bits per heavy atom. The third kappa shape index (κ3) is 5.50. The number of hydrogen-bond donors (Lipinski definition) is 1. The Bertz CT molecular complexity index is 995. The summed E-state index contributed by atoms with van der Waals surface area (Å²) < 4.78 is 37.7. The van der Waals surface area contributed by atoms with Crippen molar-refractivity contribution in [3.63, 3.8) is 0 Å². The van der Waals surface area contributed by atoms with Gasteiger partial charge in [0.1, 0.15) is 22.9 Å². The van der Waals surface area contributed by atoms with Gasteiger partial charge in [0.05, 0.1) is 17.9 Å². The van der Waals surface area contributed by atoms with E-state index < -0.39 is 18.0 Å². The zero-order valence-electron chi connectivity index (χ0n) is 16.9. The molecule has 1 fully saturated rings. The van der Waals surface area contributed by atoms with Crippen molar-refractivity contribution >= 4 is 17.4 Å². The second-order valence-corrected chi connectivity index (χ2v) is 6.65. The number of alkyl halides is 2. The Morgan fingerprint density at radius 2 is 2.03 bits per heavy atom. The molecule has 0 bridgehead atoms. The van der Waals surface area contributed by atoms with Crippen LogP contribution >= 0.6 is 0 Å². The Balaban J connectivity index is 0.000000448. The van der Waals surface area contributed by atoms with Crippen molar-refractivity contribution in [1.82, 2.24) is 14.4 Å². The quantitative estimate of drug-likeness (QED) is 0.664. The average molecular weight is 418 g/mol. The number of amides is 1. The molecule has 4 heterocycles. The molecule has 1 aliphatic heterocycles. The number of fused-ring (bicyclic) bond motifs is 1. The fraction of sp³-hybridized carbons (Fsp3) is 0.381. The molecule has 4 rings (SSSR count). The number of carbonyl (C=O) groups excluding carboxylic acids is 1. The predicted octanol–water partition coefficient (Wildman–Crippen LogP) is 4.42. The largest absolute Gasteiger partial charge is 0.493 e. The van der Waals surface area contributed by atoms with Crippen LogP contribution in [0.5, 0.6) is 5.75 Å². The number of aryl methyl sites for hydroxylation is 1. The van der Waals surface area contributed by atoms with Crippen molar-refractivity contribution in [2.45, 2.75) is 33.1 Å². The first-order valence-corrected chi connectivity index (χ1v) is 9.74. The van der Waals surface area contributed by atoms with E-state index in [1.165, 1.54) is 31.0 Å². The number of nitrogens with one attached hydrogen (secondary N) is 1. The zero-order chi connectivity index (χ0) is 21.5. The number of nitrogens with zero attached hydrogens (tertiary/aromatic N) is 3. The molecule has 3 aromatic heterocycles. The van der Waals surface area contributed by atoms with Gasteiger partial charge in [-0.1, -0.05) is 6.07 Å². The second-order valence-electron chi connectivity index (χ2n) is 6.65. The summed E-state index contributed by atoms with van der Waals surface area (Å²) in [5.41, 5.74) is 1.31. The smallest absolute Gasteiger partial charge is 0.280 e. The number of aromatic nitrogens is 3. The van der Waals surface area contributed by atoms with Crippen LogP contribution in [0, 0.1) is 6.92 Å². The summed E-state index contributed by atoms with van der Waals surface area (Å²) in [4.78, 5) is 20.7. The molecule has 30 heavy (non-hydrogen) atoms. The standard InChI is InChI=1S/C17H16F2N4O2.C4H8O/c1-3-25-13-7-15-20-10(2)8-23(15)9-11(13)17(24)22-14-6-4-5-12(21-14)16(18)19;1-2-4-5-3-1/h4-9,16H,3H2,1-2H3,(H,21,22,24);1-4H2. The number of ether oxygens (including phenoxy) is 2. The highest BCUT2D eigenvalue weighted by Gasteiger charge is 2.17. The lowest BCUT2D eigenvalue weighted by molar-refractivity contribution is 0.102. The van der Waals surface area contributed by atoms with E-state index in [2.05, 4.69) is 15.3 Å². The summed E-state index contributed by atoms with van der Waals surface area (Å²) in [6.45, 7) is 6.01. The van der Waals surface area contributed by atoms with E-state index in [4.69, 9.17) is 9.47 Å². The molecule has 0 unspecified atom stereocenters. The summed E-state index contributed by atoms with van der Waals surface area (Å²) in [6, 6.07) is 5.72. The highest BCUT2D eigenvalue weighted by atomic mass is 19.3. The van der Waals surface area contributed by atoms with Crippen LogP contribution < -0.4 is 10.1 Å². The minimum absolute atomic E-state index is 0.0483. The summed E-state index contributed by atoms with van der Waals surface area (Å²) in [5.74, 6) is -0.0918. The van der Waals surface area contributed by atoms with Crippen molar-refractivity contribution in [3.8, 4) is 5.75 Å². The van der Waals surface area contributed by atoms with Crippen molar-refractivity contribution < 1.29 is 23.0 Å². The summed E-state index contributed by atoms with van der Waals surface area (Å²) in [7, 11) is 0. The number of halogens is 2. The lowest BCUT2D eigenvalue weighted by Gasteiger charge is -2.11. The molecule has 1 amide bonds. The molecule has 0 aliphatic carbocycles. The van der Waals surface area contributed by atoms with Crippen molar-refractivity contribution in [1.29, 1.82) is 0 Å². The number of hydrogen-bond acceptors (Lipinski definition) is 5. The second kappa shape index (κ2) is 10.1. The minimum atomic E-state index is -2.71. The first kappa shape index (κ1) is 21.6. The van der Waals surface area contributed by atoms with Gasteiger partial charge < -0.3 is 19.2 Å². The number of anilines is 1. The maximum absolute atomic E-state index is 12.7. The topological polar surface area (TPSA) is 77.8 Å². The highest BCUT2D eigenvalue weighted by molar-refractivity contribution is 6.05.